The van der Waals surface area contributed by atoms with Crippen LogP contribution in [-0.4, -0.2) is 50.8 Å². The van der Waals surface area contributed by atoms with Crippen molar-refractivity contribution in [2.75, 3.05) is 32.1 Å². The van der Waals surface area contributed by atoms with Crippen molar-refractivity contribution in [3.63, 3.8) is 0 Å². The van der Waals surface area contributed by atoms with E-state index in [4.69, 9.17) is 10.5 Å². The van der Waals surface area contributed by atoms with Crippen molar-refractivity contribution in [3.8, 4) is 0 Å². The molecule has 2 unspecified atom stereocenters. The molecule has 2 aliphatic heterocycles. The molecule has 5 nitrogen and oxygen atoms in total. The second kappa shape index (κ2) is 5.00. The number of nitrogens with two attached hydrogens (primary N) is 1. The summed E-state index contributed by atoms with van der Waals surface area (Å²) in [6.07, 6.45) is 2.69. The fourth-order valence-electron chi connectivity index (χ4n) is 2.52. The van der Waals surface area contributed by atoms with Gasteiger partial charge in [-0.05, 0) is 25.2 Å². The maximum absolute atomic E-state index is 12.2. The fourth-order valence-corrected chi connectivity index (χ4v) is 4.62. The molecule has 2 saturated heterocycles. The van der Waals surface area contributed by atoms with Crippen LogP contribution in [0.25, 0.3) is 0 Å². The second-order valence-corrected chi connectivity index (χ2v) is 6.62. The van der Waals surface area contributed by atoms with Gasteiger partial charge in [-0.2, -0.15) is 4.31 Å². The zero-order chi connectivity index (χ0) is 11.6. The Morgan fingerprint density at radius 1 is 1.38 bits per heavy atom. The molecule has 6 heteroatoms. The molecule has 2 fully saturated rings. The van der Waals surface area contributed by atoms with E-state index in [1.54, 1.807) is 4.31 Å². The molecule has 2 rings (SSSR count). The molecule has 0 aliphatic carbocycles. The maximum Gasteiger partial charge on any atom is 0.214 e. The predicted molar refractivity (Wildman–Crippen MR) is 61.5 cm³/mol. The molecule has 0 aromatic rings. The number of nitrogens with zero attached hydrogens (tertiary/aromatic N) is 1. The predicted octanol–water partition coefficient (Wildman–Crippen LogP) is -0.224. The van der Waals surface area contributed by atoms with Crippen molar-refractivity contribution in [2.24, 2.45) is 11.7 Å². The van der Waals surface area contributed by atoms with Crippen molar-refractivity contribution in [1.82, 2.24) is 4.31 Å². The summed E-state index contributed by atoms with van der Waals surface area (Å²) in [5.41, 5.74) is 5.60. The van der Waals surface area contributed by atoms with Gasteiger partial charge in [-0.25, -0.2) is 8.42 Å². The molecule has 2 aliphatic rings. The lowest BCUT2D eigenvalue weighted by molar-refractivity contribution is 0.188. The Morgan fingerprint density at radius 2 is 2.19 bits per heavy atom. The minimum Gasteiger partial charge on any atom is -0.381 e. The van der Waals surface area contributed by atoms with Crippen LogP contribution in [-0.2, 0) is 14.8 Å². The van der Waals surface area contributed by atoms with E-state index < -0.39 is 10.0 Å². The van der Waals surface area contributed by atoms with E-state index in [0.717, 1.165) is 19.3 Å². The minimum absolute atomic E-state index is 0.0207. The summed E-state index contributed by atoms with van der Waals surface area (Å²) in [6.45, 7) is 2.35. The number of hydrogen-bond acceptors (Lipinski definition) is 4. The molecule has 0 saturated carbocycles. The van der Waals surface area contributed by atoms with E-state index in [0.29, 0.717) is 26.3 Å². The van der Waals surface area contributed by atoms with Crippen LogP contribution in [0.3, 0.4) is 0 Å². The lowest BCUT2D eigenvalue weighted by atomic mass is 10.2. The third-order valence-electron chi connectivity index (χ3n) is 3.42. The summed E-state index contributed by atoms with van der Waals surface area (Å²) in [5.74, 6) is 0.396. The van der Waals surface area contributed by atoms with Gasteiger partial charge in [-0.15, -0.1) is 0 Å². The first-order chi connectivity index (χ1) is 7.63. The monoisotopic (exact) mass is 248 g/mol. The van der Waals surface area contributed by atoms with Gasteiger partial charge in [-0.1, -0.05) is 0 Å². The third kappa shape index (κ3) is 2.56. The summed E-state index contributed by atoms with van der Waals surface area (Å²) in [6, 6.07) is 0.0207. The van der Waals surface area contributed by atoms with Crippen molar-refractivity contribution in [2.45, 2.75) is 25.3 Å². The van der Waals surface area contributed by atoms with Gasteiger partial charge >= 0.3 is 0 Å². The van der Waals surface area contributed by atoms with E-state index in [-0.39, 0.29) is 17.7 Å². The Kier molecular flexibility index (Phi) is 3.84. The van der Waals surface area contributed by atoms with Crippen molar-refractivity contribution in [1.29, 1.82) is 0 Å². The van der Waals surface area contributed by atoms with Crippen LogP contribution in [0.4, 0.5) is 0 Å². The first-order valence-corrected chi connectivity index (χ1v) is 7.52. The highest BCUT2D eigenvalue weighted by atomic mass is 32.2. The highest BCUT2D eigenvalue weighted by Gasteiger charge is 2.35. The number of ether oxygens (including phenoxy) is 1. The lowest BCUT2D eigenvalue weighted by Gasteiger charge is -2.24. The topological polar surface area (TPSA) is 72.6 Å². The van der Waals surface area contributed by atoms with Crippen molar-refractivity contribution in [3.05, 3.63) is 0 Å². The molecule has 2 atom stereocenters. The first-order valence-electron chi connectivity index (χ1n) is 5.91. The molecule has 2 heterocycles. The summed E-state index contributed by atoms with van der Waals surface area (Å²) >= 11 is 0. The van der Waals surface area contributed by atoms with Gasteiger partial charge in [0.1, 0.15) is 0 Å². The summed E-state index contributed by atoms with van der Waals surface area (Å²) < 4.78 is 31.2. The largest absolute Gasteiger partial charge is 0.381 e. The second-order valence-electron chi connectivity index (χ2n) is 4.65. The normalized spacial score (nSPS) is 32.3. The quantitative estimate of drug-likeness (QED) is 0.746. The van der Waals surface area contributed by atoms with Crippen LogP contribution < -0.4 is 5.73 Å². The molecule has 0 aromatic carbocycles. The van der Waals surface area contributed by atoms with Crippen molar-refractivity contribution < 1.29 is 13.2 Å². The SMILES string of the molecule is NCC1CCCN1S(=O)(=O)CC1CCOC1. The summed E-state index contributed by atoms with van der Waals surface area (Å²) in [7, 11) is -3.13. The number of rotatable bonds is 4. The fraction of sp³-hybridized carbons (Fsp3) is 1.00. The Labute approximate surface area is 97.0 Å². The molecule has 0 radical (unpaired) electrons. The molecule has 0 spiro atoms. The van der Waals surface area contributed by atoms with Gasteiger partial charge in [0.15, 0.2) is 0 Å². The van der Waals surface area contributed by atoms with E-state index >= 15 is 0 Å². The average molecular weight is 248 g/mol. The molecule has 2 N–H and O–H groups in total. The van der Waals surface area contributed by atoms with Gasteiger partial charge in [0.25, 0.3) is 0 Å². The minimum atomic E-state index is -3.13. The zero-order valence-electron chi connectivity index (χ0n) is 9.47. The van der Waals surface area contributed by atoms with Gasteiger partial charge in [0.05, 0.1) is 12.4 Å². The molecule has 0 aromatic heterocycles. The van der Waals surface area contributed by atoms with Gasteiger partial charge in [0, 0.05) is 25.7 Å². The van der Waals surface area contributed by atoms with Crippen LogP contribution in [0, 0.1) is 5.92 Å². The molecular weight excluding hydrogens is 228 g/mol. The van der Waals surface area contributed by atoms with Crippen LogP contribution in [0.5, 0.6) is 0 Å². The Bertz CT molecular complexity index is 325. The van der Waals surface area contributed by atoms with Crippen LogP contribution >= 0.6 is 0 Å². The van der Waals surface area contributed by atoms with E-state index in [2.05, 4.69) is 0 Å². The maximum atomic E-state index is 12.2. The van der Waals surface area contributed by atoms with Gasteiger partial charge in [0.2, 0.25) is 10.0 Å². The molecule has 16 heavy (non-hydrogen) atoms. The summed E-state index contributed by atoms with van der Waals surface area (Å²) in [4.78, 5) is 0. The standard InChI is InChI=1S/C10H20N2O3S/c11-6-10-2-1-4-12(10)16(13,14)8-9-3-5-15-7-9/h9-10H,1-8,11H2. The third-order valence-corrected chi connectivity index (χ3v) is 5.51. The van der Waals surface area contributed by atoms with Gasteiger partial charge in [-0.3, -0.25) is 0 Å². The summed E-state index contributed by atoms with van der Waals surface area (Å²) in [5, 5.41) is 0. The van der Waals surface area contributed by atoms with E-state index in [1.807, 2.05) is 0 Å². The molecule has 94 valence electrons. The van der Waals surface area contributed by atoms with Crippen molar-refractivity contribution >= 4 is 10.0 Å². The van der Waals surface area contributed by atoms with E-state index in [1.165, 1.54) is 0 Å². The smallest absolute Gasteiger partial charge is 0.214 e. The molecular formula is C10H20N2O3S. The van der Waals surface area contributed by atoms with Crippen LogP contribution in [0.1, 0.15) is 19.3 Å². The highest BCUT2D eigenvalue weighted by Crippen LogP contribution is 2.24. The van der Waals surface area contributed by atoms with Crippen LogP contribution in [0.2, 0.25) is 0 Å². The van der Waals surface area contributed by atoms with Gasteiger partial charge < -0.3 is 10.5 Å². The first kappa shape index (κ1) is 12.3. The molecule has 0 bridgehead atoms. The average Bonchev–Trinajstić information content (AvgIpc) is 2.85. The Hall–Kier alpha value is -0.170. The van der Waals surface area contributed by atoms with Crippen LogP contribution in [0.15, 0.2) is 0 Å². The lowest BCUT2D eigenvalue weighted by Crippen LogP contribution is -2.42. The Morgan fingerprint density at radius 3 is 2.81 bits per heavy atom. The van der Waals surface area contributed by atoms with E-state index in [9.17, 15) is 8.42 Å². The number of sulfonamides is 1. The number of hydrogen-bond donors (Lipinski definition) is 1. The Balaban J connectivity index is 2.00. The highest BCUT2D eigenvalue weighted by molar-refractivity contribution is 7.89. The zero-order valence-corrected chi connectivity index (χ0v) is 10.3. The molecule has 0 amide bonds.